The second-order valence-electron chi connectivity index (χ2n) is 5.26. The van der Waals surface area contributed by atoms with Crippen LogP contribution in [-0.4, -0.2) is 22.8 Å². The third kappa shape index (κ3) is 3.33. The number of imidazole rings is 1. The lowest BCUT2D eigenvalue weighted by Crippen LogP contribution is -2.22. The van der Waals surface area contributed by atoms with Crippen molar-refractivity contribution in [1.29, 1.82) is 0 Å². The van der Waals surface area contributed by atoms with Crippen LogP contribution in [0.15, 0.2) is 12.1 Å². The quantitative estimate of drug-likeness (QED) is 0.710. The topological polar surface area (TPSA) is 27.1 Å². The number of alkyl halides is 1. The molecule has 0 saturated carbocycles. The number of aromatic nitrogens is 2. The molecule has 2 aromatic rings. The van der Waals surface area contributed by atoms with Gasteiger partial charge in [-0.1, -0.05) is 25.4 Å². The van der Waals surface area contributed by atoms with Gasteiger partial charge in [0.25, 0.3) is 0 Å². The van der Waals surface area contributed by atoms with Crippen LogP contribution in [0.3, 0.4) is 0 Å². The Bertz CT molecular complexity index is 628. The van der Waals surface area contributed by atoms with Crippen LogP contribution < -0.4 is 0 Å². The molecule has 1 aromatic heterocycles. The van der Waals surface area contributed by atoms with Crippen molar-refractivity contribution in [2.75, 3.05) is 13.2 Å². The largest absolute Gasteiger partial charge is 0.380 e. The molecule has 1 atom stereocenters. The molecule has 3 nitrogen and oxygen atoms in total. The first-order valence-corrected chi connectivity index (χ1v) is 7.90. The Morgan fingerprint density at radius 2 is 2.10 bits per heavy atom. The molecule has 2 rings (SSSR count). The zero-order valence-corrected chi connectivity index (χ0v) is 13.9. The van der Waals surface area contributed by atoms with Crippen LogP contribution in [0.2, 0.25) is 5.02 Å². The molecule has 0 N–H and O–H groups in total. The maximum atomic E-state index is 13.6. The first-order valence-electron chi connectivity index (χ1n) is 6.99. The van der Waals surface area contributed by atoms with Gasteiger partial charge in [0.1, 0.15) is 11.6 Å². The Balaban J connectivity index is 2.60. The molecule has 116 valence electrons. The van der Waals surface area contributed by atoms with Gasteiger partial charge in [-0.2, -0.15) is 0 Å². The summed E-state index contributed by atoms with van der Waals surface area (Å²) in [6, 6.07) is 3.03. The molecular formula is C15H19Cl2FN2O. The fraction of sp³-hybridized carbons (Fsp3) is 0.533. The molecular weight excluding hydrogens is 314 g/mol. The van der Waals surface area contributed by atoms with Gasteiger partial charge < -0.3 is 9.30 Å². The number of rotatable bonds is 6. The summed E-state index contributed by atoms with van der Waals surface area (Å²) in [6.45, 7) is 7.37. The Hall–Kier alpha value is -0.840. The molecule has 0 aliphatic carbocycles. The van der Waals surface area contributed by atoms with Crippen molar-refractivity contribution in [2.24, 2.45) is 5.92 Å². The highest BCUT2D eigenvalue weighted by atomic mass is 35.5. The number of nitrogens with zero attached hydrogens (tertiary/aromatic N) is 2. The molecule has 0 bridgehead atoms. The fourth-order valence-electron chi connectivity index (χ4n) is 2.41. The van der Waals surface area contributed by atoms with Gasteiger partial charge in [0.2, 0.25) is 0 Å². The van der Waals surface area contributed by atoms with Gasteiger partial charge in [0.05, 0.1) is 34.6 Å². The Morgan fingerprint density at radius 1 is 1.38 bits per heavy atom. The number of halogens is 3. The van der Waals surface area contributed by atoms with Gasteiger partial charge >= 0.3 is 0 Å². The van der Waals surface area contributed by atoms with Crippen LogP contribution in [0.25, 0.3) is 11.0 Å². The SMILES string of the molecule is CCOCC(C(C)C)n1c(CCl)nc2cc(F)c(Cl)cc21. The maximum absolute atomic E-state index is 13.6. The Morgan fingerprint density at radius 3 is 2.67 bits per heavy atom. The highest BCUT2D eigenvalue weighted by Crippen LogP contribution is 2.30. The number of fused-ring (bicyclic) bond motifs is 1. The minimum Gasteiger partial charge on any atom is -0.380 e. The normalized spacial score (nSPS) is 13.3. The standard InChI is InChI=1S/C15H19Cl2FN2O/c1-4-21-8-14(9(2)3)20-13-5-10(17)11(18)6-12(13)19-15(20)7-16/h5-6,9,14H,4,7-8H2,1-3H3. The molecule has 0 saturated heterocycles. The summed E-state index contributed by atoms with van der Waals surface area (Å²) in [4.78, 5) is 4.42. The van der Waals surface area contributed by atoms with Crippen molar-refractivity contribution in [3.63, 3.8) is 0 Å². The van der Waals surface area contributed by atoms with Crippen molar-refractivity contribution in [1.82, 2.24) is 9.55 Å². The van der Waals surface area contributed by atoms with Gasteiger partial charge in [-0.3, -0.25) is 0 Å². The molecule has 0 amide bonds. The molecule has 0 fully saturated rings. The van der Waals surface area contributed by atoms with E-state index in [0.717, 1.165) is 5.52 Å². The number of hydrogen-bond acceptors (Lipinski definition) is 2. The summed E-state index contributed by atoms with van der Waals surface area (Å²) in [5.41, 5.74) is 1.35. The van der Waals surface area contributed by atoms with Crippen molar-refractivity contribution in [3.8, 4) is 0 Å². The van der Waals surface area contributed by atoms with Crippen molar-refractivity contribution >= 4 is 34.2 Å². The average Bonchev–Trinajstić information content (AvgIpc) is 2.77. The van der Waals surface area contributed by atoms with E-state index in [-0.39, 0.29) is 16.9 Å². The third-order valence-corrected chi connectivity index (χ3v) is 4.05. The Labute approximate surface area is 134 Å². The van der Waals surface area contributed by atoms with E-state index in [9.17, 15) is 4.39 Å². The van der Waals surface area contributed by atoms with E-state index in [1.165, 1.54) is 6.07 Å². The molecule has 0 aliphatic rings. The van der Waals surface area contributed by atoms with Crippen LogP contribution in [0.4, 0.5) is 4.39 Å². The van der Waals surface area contributed by atoms with E-state index in [2.05, 4.69) is 18.8 Å². The molecule has 1 unspecified atom stereocenters. The van der Waals surface area contributed by atoms with Crippen LogP contribution >= 0.6 is 23.2 Å². The number of hydrogen-bond donors (Lipinski definition) is 0. The second-order valence-corrected chi connectivity index (χ2v) is 5.93. The van der Waals surface area contributed by atoms with Crippen LogP contribution in [-0.2, 0) is 10.6 Å². The van der Waals surface area contributed by atoms with Crippen LogP contribution in [0, 0.1) is 11.7 Å². The average molecular weight is 333 g/mol. The van der Waals surface area contributed by atoms with Crippen LogP contribution in [0.5, 0.6) is 0 Å². The molecule has 6 heteroatoms. The molecule has 0 spiro atoms. The molecule has 1 aromatic carbocycles. The van der Waals surface area contributed by atoms with E-state index in [0.29, 0.717) is 30.5 Å². The number of ether oxygens (including phenoxy) is 1. The highest BCUT2D eigenvalue weighted by Gasteiger charge is 2.23. The predicted octanol–water partition coefficient (Wildman–Crippen LogP) is 4.80. The van der Waals surface area contributed by atoms with Crippen molar-refractivity contribution in [2.45, 2.75) is 32.7 Å². The van der Waals surface area contributed by atoms with Gasteiger partial charge in [-0.25, -0.2) is 9.37 Å². The lowest BCUT2D eigenvalue weighted by molar-refractivity contribution is 0.0971. The van der Waals surface area contributed by atoms with Crippen molar-refractivity contribution < 1.29 is 9.13 Å². The van der Waals surface area contributed by atoms with E-state index < -0.39 is 5.82 Å². The minimum atomic E-state index is -0.471. The highest BCUT2D eigenvalue weighted by molar-refractivity contribution is 6.31. The smallest absolute Gasteiger partial charge is 0.144 e. The first-order chi connectivity index (χ1) is 9.99. The van der Waals surface area contributed by atoms with E-state index in [1.54, 1.807) is 6.07 Å². The fourth-order valence-corrected chi connectivity index (χ4v) is 2.75. The predicted molar refractivity (Wildman–Crippen MR) is 84.6 cm³/mol. The lowest BCUT2D eigenvalue weighted by atomic mass is 10.0. The summed E-state index contributed by atoms with van der Waals surface area (Å²) in [5.74, 6) is 0.802. The lowest BCUT2D eigenvalue weighted by Gasteiger charge is -2.25. The third-order valence-electron chi connectivity index (χ3n) is 3.52. The van der Waals surface area contributed by atoms with Crippen molar-refractivity contribution in [3.05, 3.63) is 28.8 Å². The van der Waals surface area contributed by atoms with Gasteiger partial charge in [-0.15, -0.1) is 11.6 Å². The molecule has 0 radical (unpaired) electrons. The minimum absolute atomic E-state index is 0.0743. The Kier molecular flexibility index (Phi) is 5.47. The zero-order valence-electron chi connectivity index (χ0n) is 12.4. The van der Waals surface area contributed by atoms with Gasteiger partial charge in [-0.05, 0) is 18.9 Å². The summed E-state index contributed by atoms with van der Waals surface area (Å²) in [7, 11) is 0. The summed E-state index contributed by atoms with van der Waals surface area (Å²) in [6.07, 6.45) is 0. The maximum Gasteiger partial charge on any atom is 0.144 e. The van der Waals surface area contributed by atoms with Gasteiger partial charge in [0, 0.05) is 12.7 Å². The van der Waals surface area contributed by atoms with Crippen LogP contribution in [0.1, 0.15) is 32.6 Å². The zero-order chi connectivity index (χ0) is 15.6. The molecule has 1 heterocycles. The first kappa shape index (κ1) is 16.5. The summed E-state index contributed by atoms with van der Waals surface area (Å²) >= 11 is 11.9. The van der Waals surface area contributed by atoms with E-state index >= 15 is 0 Å². The van der Waals surface area contributed by atoms with E-state index in [4.69, 9.17) is 27.9 Å². The molecule has 21 heavy (non-hydrogen) atoms. The summed E-state index contributed by atoms with van der Waals surface area (Å²) in [5, 5.41) is 0.0867. The molecule has 0 aliphatic heterocycles. The van der Waals surface area contributed by atoms with E-state index in [1.807, 2.05) is 11.5 Å². The number of benzene rings is 1. The summed E-state index contributed by atoms with van der Waals surface area (Å²) < 4.78 is 21.2. The second kappa shape index (κ2) is 6.95. The van der Waals surface area contributed by atoms with Gasteiger partial charge in [0.15, 0.2) is 0 Å². The monoisotopic (exact) mass is 332 g/mol.